The van der Waals surface area contributed by atoms with Crippen molar-refractivity contribution in [2.24, 2.45) is 5.73 Å². The van der Waals surface area contributed by atoms with Crippen molar-refractivity contribution in [2.45, 2.75) is 19.8 Å². The third kappa shape index (κ3) is 3.58. The molecule has 0 bridgehead atoms. The fourth-order valence-electron chi connectivity index (χ4n) is 2.76. The molecule has 1 aromatic rings. The second-order valence-corrected chi connectivity index (χ2v) is 5.33. The van der Waals surface area contributed by atoms with E-state index in [9.17, 15) is 4.79 Å². The van der Waals surface area contributed by atoms with E-state index in [0.29, 0.717) is 6.54 Å². The summed E-state index contributed by atoms with van der Waals surface area (Å²) in [5, 5.41) is 0. The first-order valence-corrected chi connectivity index (χ1v) is 7.56. The molecule has 1 aliphatic heterocycles. The Balaban J connectivity index is 2.02. The molecule has 0 atom stereocenters. The molecule has 4 heteroatoms. The van der Waals surface area contributed by atoms with E-state index in [2.05, 4.69) is 11.8 Å². The zero-order valence-corrected chi connectivity index (χ0v) is 12.3. The lowest BCUT2D eigenvalue weighted by Crippen LogP contribution is -2.48. The van der Waals surface area contributed by atoms with Gasteiger partial charge in [0.1, 0.15) is 0 Å². The Kier molecular flexibility index (Phi) is 5.56. The van der Waals surface area contributed by atoms with Gasteiger partial charge in [0.25, 0.3) is 5.91 Å². The Bertz CT molecular complexity index is 439. The molecule has 4 nitrogen and oxygen atoms in total. The summed E-state index contributed by atoms with van der Waals surface area (Å²) >= 11 is 0. The van der Waals surface area contributed by atoms with Crippen LogP contribution in [0.25, 0.3) is 0 Å². The minimum atomic E-state index is 0.158. The predicted octanol–water partition coefficient (Wildman–Crippen LogP) is 1.36. The van der Waals surface area contributed by atoms with Crippen LogP contribution in [0.1, 0.15) is 29.3 Å². The third-order valence-electron chi connectivity index (χ3n) is 3.86. The fourth-order valence-corrected chi connectivity index (χ4v) is 2.76. The summed E-state index contributed by atoms with van der Waals surface area (Å²) in [6.45, 7) is 7.53. The van der Waals surface area contributed by atoms with Crippen LogP contribution in [-0.4, -0.2) is 55.0 Å². The first kappa shape index (κ1) is 15.0. The van der Waals surface area contributed by atoms with Crippen molar-refractivity contribution in [3.05, 3.63) is 35.4 Å². The van der Waals surface area contributed by atoms with Crippen molar-refractivity contribution in [3.63, 3.8) is 0 Å². The summed E-state index contributed by atoms with van der Waals surface area (Å²) in [7, 11) is 0. The minimum absolute atomic E-state index is 0.158. The van der Waals surface area contributed by atoms with Crippen molar-refractivity contribution in [1.29, 1.82) is 0 Å². The van der Waals surface area contributed by atoms with Gasteiger partial charge in [-0.2, -0.15) is 0 Å². The van der Waals surface area contributed by atoms with E-state index in [0.717, 1.165) is 50.3 Å². The Hall–Kier alpha value is -1.39. The largest absolute Gasteiger partial charge is 0.336 e. The van der Waals surface area contributed by atoms with Gasteiger partial charge in [0.15, 0.2) is 0 Å². The first-order chi connectivity index (χ1) is 9.76. The van der Waals surface area contributed by atoms with E-state index in [4.69, 9.17) is 5.73 Å². The minimum Gasteiger partial charge on any atom is -0.336 e. The lowest BCUT2D eigenvalue weighted by Gasteiger charge is -2.34. The summed E-state index contributed by atoms with van der Waals surface area (Å²) in [6.07, 6.45) is 1.94. The molecule has 20 heavy (non-hydrogen) atoms. The predicted molar refractivity (Wildman–Crippen MR) is 81.8 cm³/mol. The van der Waals surface area contributed by atoms with Gasteiger partial charge >= 0.3 is 0 Å². The van der Waals surface area contributed by atoms with Crippen LogP contribution < -0.4 is 5.73 Å². The smallest absolute Gasteiger partial charge is 0.254 e. The van der Waals surface area contributed by atoms with Gasteiger partial charge in [-0.3, -0.25) is 9.69 Å². The fraction of sp³-hybridized carbons (Fsp3) is 0.562. The lowest BCUT2D eigenvalue weighted by atomic mass is 10.0. The Morgan fingerprint density at radius 2 is 1.90 bits per heavy atom. The van der Waals surface area contributed by atoms with Gasteiger partial charge in [-0.05, 0) is 37.6 Å². The molecule has 1 aliphatic rings. The molecule has 1 fully saturated rings. The number of hydrogen-bond donors (Lipinski definition) is 1. The number of nitrogens with zero attached hydrogens (tertiary/aromatic N) is 2. The molecule has 0 aromatic heterocycles. The van der Waals surface area contributed by atoms with Crippen molar-refractivity contribution in [2.75, 3.05) is 39.3 Å². The van der Waals surface area contributed by atoms with E-state index in [1.807, 2.05) is 29.2 Å². The number of carbonyl (C=O) groups excluding carboxylic acids is 1. The molecule has 1 aromatic carbocycles. The topological polar surface area (TPSA) is 49.6 Å². The molecule has 0 spiro atoms. The number of amides is 1. The molecule has 0 unspecified atom stereocenters. The zero-order chi connectivity index (χ0) is 14.4. The maximum atomic E-state index is 12.6. The average molecular weight is 275 g/mol. The Morgan fingerprint density at radius 1 is 1.20 bits per heavy atom. The highest BCUT2D eigenvalue weighted by molar-refractivity contribution is 5.95. The molecule has 0 radical (unpaired) electrons. The van der Waals surface area contributed by atoms with E-state index < -0.39 is 0 Å². The van der Waals surface area contributed by atoms with Crippen LogP contribution in [0.4, 0.5) is 0 Å². The van der Waals surface area contributed by atoms with E-state index in [1.54, 1.807) is 0 Å². The number of nitrogens with two attached hydrogens (primary N) is 1. The van der Waals surface area contributed by atoms with Gasteiger partial charge in [-0.15, -0.1) is 0 Å². The Labute approximate surface area is 121 Å². The molecule has 1 saturated heterocycles. The van der Waals surface area contributed by atoms with E-state index >= 15 is 0 Å². The van der Waals surface area contributed by atoms with E-state index in [1.165, 1.54) is 6.42 Å². The van der Waals surface area contributed by atoms with E-state index in [-0.39, 0.29) is 5.91 Å². The third-order valence-corrected chi connectivity index (χ3v) is 3.86. The molecule has 2 N–H and O–H groups in total. The van der Waals surface area contributed by atoms with Gasteiger partial charge in [-0.1, -0.05) is 25.1 Å². The summed E-state index contributed by atoms with van der Waals surface area (Å²) in [5.74, 6) is 0.158. The number of rotatable bonds is 5. The number of carbonyl (C=O) groups is 1. The van der Waals surface area contributed by atoms with Crippen LogP contribution >= 0.6 is 0 Å². The Morgan fingerprint density at radius 3 is 2.55 bits per heavy atom. The summed E-state index contributed by atoms with van der Waals surface area (Å²) in [5.41, 5.74) is 7.51. The number of benzene rings is 1. The normalized spacial score (nSPS) is 16.4. The average Bonchev–Trinajstić information content (AvgIpc) is 2.49. The standard InChI is InChI=1S/C16H25N3O/c1-2-9-18-10-12-19(13-11-18)16(20)15-6-4-3-5-14(15)7-8-17/h3-6H,2,7-13,17H2,1H3. The molecule has 0 aliphatic carbocycles. The van der Waals surface area contributed by atoms with Crippen LogP contribution in [0.15, 0.2) is 24.3 Å². The molecular formula is C16H25N3O. The van der Waals surface area contributed by atoms with Gasteiger partial charge in [0.05, 0.1) is 0 Å². The molecule has 0 saturated carbocycles. The van der Waals surface area contributed by atoms with Gasteiger partial charge in [-0.25, -0.2) is 0 Å². The highest BCUT2D eigenvalue weighted by atomic mass is 16.2. The van der Waals surface area contributed by atoms with Crippen molar-refractivity contribution < 1.29 is 4.79 Å². The van der Waals surface area contributed by atoms with Crippen molar-refractivity contribution >= 4 is 5.91 Å². The monoisotopic (exact) mass is 275 g/mol. The quantitative estimate of drug-likeness (QED) is 0.882. The van der Waals surface area contributed by atoms with Crippen LogP contribution in [0, 0.1) is 0 Å². The first-order valence-electron chi connectivity index (χ1n) is 7.56. The van der Waals surface area contributed by atoms with Crippen LogP contribution in [-0.2, 0) is 6.42 Å². The van der Waals surface area contributed by atoms with Crippen LogP contribution in [0.5, 0.6) is 0 Å². The zero-order valence-electron chi connectivity index (χ0n) is 12.3. The second kappa shape index (κ2) is 7.41. The van der Waals surface area contributed by atoms with Crippen LogP contribution in [0.2, 0.25) is 0 Å². The maximum Gasteiger partial charge on any atom is 0.254 e. The van der Waals surface area contributed by atoms with Crippen molar-refractivity contribution in [1.82, 2.24) is 9.80 Å². The molecule has 1 amide bonds. The molecular weight excluding hydrogens is 250 g/mol. The summed E-state index contributed by atoms with van der Waals surface area (Å²) < 4.78 is 0. The molecule has 1 heterocycles. The maximum absolute atomic E-state index is 12.6. The molecule has 110 valence electrons. The number of piperazine rings is 1. The highest BCUT2D eigenvalue weighted by Gasteiger charge is 2.22. The van der Waals surface area contributed by atoms with Gasteiger partial charge < -0.3 is 10.6 Å². The van der Waals surface area contributed by atoms with Crippen molar-refractivity contribution in [3.8, 4) is 0 Å². The molecule has 2 rings (SSSR count). The number of hydrogen-bond acceptors (Lipinski definition) is 3. The SMILES string of the molecule is CCCN1CCN(C(=O)c2ccccc2CCN)CC1. The second-order valence-electron chi connectivity index (χ2n) is 5.33. The van der Waals surface area contributed by atoms with Crippen LogP contribution in [0.3, 0.4) is 0 Å². The summed E-state index contributed by atoms with van der Waals surface area (Å²) in [6, 6.07) is 7.83. The lowest BCUT2D eigenvalue weighted by molar-refractivity contribution is 0.0636. The summed E-state index contributed by atoms with van der Waals surface area (Å²) in [4.78, 5) is 17.0. The highest BCUT2D eigenvalue weighted by Crippen LogP contribution is 2.14. The van der Waals surface area contributed by atoms with Gasteiger partial charge in [0.2, 0.25) is 0 Å². The van der Waals surface area contributed by atoms with Gasteiger partial charge in [0, 0.05) is 31.7 Å².